The second kappa shape index (κ2) is 8.30. The van der Waals surface area contributed by atoms with E-state index >= 15 is 0 Å². The number of halogens is 2. The van der Waals surface area contributed by atoms with Gasteiger partial charge < -0.3 is 5.32 Å². The van der Waals surface area contributed by atoms with E-state index in [1.807, 2.05) is 48.5 Å². The molecule has 0 atom stereocenters. The zero-order chi connectivity index (χ0) is 19.5. The predicted molar refractivity (Wildman–Crippen MR) is 115 cm³/mol. The molecule has 2 aromatic carbocycles. The number of anilines is 1. The third-order valence-corrected chi connectivity index (χ3v) is 5.52. The van der Waals surface area contributed by atoms with Crippen molar-refractivity contribution in [3.05, 3.63) is 70.2 Å². The van der Waals surface area contributed by atoms with Crippen LogP contribution in [0.1, 0.15) is 0 Å². The van der Waals surface area contributed by atoms with Crippen LogP contribution in [0.3, 0.4) is 0 Å². The summed E-state index contributed by atoms with van der Waals surface area (Å²) >= 11 is 10.7. The Morgan fingerprint density at radius 1 is 1.04 bits per heavy atom. The lowest BCUT2D eigenvalue weighted by Crippen LogP contribution is -2.14. The molecule has 2 heterocycles. The van der Waals surface area contributed by atoms with Crippen LogP contribution < -0.4 is 5.32 Å². The van der Waals surface area contributed by atoms with Crippen molar-refractivity contribution in [3.63, 3.8) is 0 Å². The van der Waals surface area contributed by atoms with Crippen LogP contribution in [-0.4, -0.2) is 31.5 Å². The molecule has 140 valence electrons. The molecule has 0 fully saturated rings. The monoisotopic (exact) mass is 473 g/mol. The maximum atomic E-state index is 12.2. The van der Waals surface area contributed by atoms with E-state index in [0.717, 1.165) is 15.7 Å². The SMILES string of the molecule is O=C(CSc1ccc2nnc(-c3ccc(Cl)cc3)n2n1)Nc1ccc(Br)cc1. The Labute approximate surface area is 178 Å². The molecule has 28 heavy (non-hydrogen) atoms. The fourth-order valence-corrected chi connectivity index (χ4v) is 3.54. The van der Waals surface area contributed by atoms with Crippen LogP contribution in [0.2, 0.25) is 5.02 Å². The van der Waals surface area contributed by atoms with Crippen LogP contribution in [-0.2, 0) is 4.79 Å². The first-order valence-electron chi connectivity index (χ1n) is 8.25. The molecular formula is C19H13BrClN5OS. The molecular weight excluding hydrogens is 462 g/mol. The number of rotatable bonds is 5. The molecule has 0 unspecified atom stereocenters. The van der Waals surface area contributed by atoms with E-state index in [9.17, 15) is 4.79 Å². The minimum Gasteiger partial charge on any atom is -0.325 e. The maximum Gasteiger partial charge on any atom is 0.234 e. The van der Waals surface area contributed by atoms with Gasteiger partial charge in [-0.25, -0.2) is 0 Å². The second-order valence-electron chi connectivity index (χ2n) is 5.82. The van der Waals surface area contributed by atoms with Crippen LogP contribution in [0, 0.1) is 0 Å². The largest absolute Gasteiger partial charge is 0.325 e. The van der Waals surface area contributed by atoms with Crippen LogP contribution in [0.25, 0.3) is 17.0 Å². The number of hydrogen-bond donors (Lipinski definition) is 1. The van der Waals surface area contributed by atoms with E-state index in [2.05, 4.69) is 36.5 Å². The summed E-state index contributed by atoms with van der Waals surface area (Å²) in [6.45, 7) is 0. The van der Waals surface area contributed by atoms with Gasteiger partial charge in [-0.2, -0.15) is 9.61 Å². The van der Waals surface area contributed by atoms with Crippen LogP contribution in [0.15, 0.2) is 70.2 Å². The Morgan fingerprint density at radius 2 is 1.79 bits per heavy atom. The van der Waals surface area contributed by atoms with Gasteiger partial charge in [-0.15, -0.1) is 10.2 Å². The number of amides is 1. The van der Waals surface area contributed by atoms with Gasteiger partial charge in [-0.05, 0) is 60.7 Å². The molecule has 0 radical (unpaired) electrons. The average Bonchev–Trinajstić information content (AvgIpc) is 3.12. The molecule has 1 amide bonds. The van der Waals surface area contributed by atoms with Crippen LogP contribution >= 0.6 is 39.3 Å². The normalized spacial score (nSPS) is 10.9. The summed E-state index contributed by atoms with van der Waals surface area (Å²) in [5.41, 5.74) is 2.24. The molecule has 4 rings (SSSR count). The van der Waals surface area contributed by atoms with Crippen molar-refractivity contribution < 1.29 is 4.79 Å². The zero-order valence-electron chi connectivity index (χ0n) is 14.3. The highest BCUT2D eigenvalue weighted by atomic mass is 79.9. The smallest absolute Gasteiger partial charge is 0.234 e. The topological polar surface area (TPSA) is 72.2 Å². The van der Waals surface area contributed by atoms with Gasteiger partial charge in [0.15, 0.2) is 11.5 Å². The summed E-state index contributed by atoms with van der Waals surface area (Å²) in [7, 11) is 0. The molecule has 2 aromatic heterocycles. The van der Waals surface area contributed by atoms with Crippen molar-refractivity contribution in [1.82, 2.24) is 19.8 Å². The Kier molecular flexibility index (Phi) is 5.61. The van der Waals surface area contributed by atoms with E-state index in [0.29, 0.717) is 21.5 Å². The molecule has 1 N–H and O–H groups in total. The number of thioether (sulfide) groups is 1. The van der Waals surface area contributed by atoms with Gasteiger partial charge >= 0.3 is 0 Å². The molecule has 0 aliphatic heterocycles. The summed E-state index contributed by atoms with van der Waals surface area (Å²) in [6.07, 6.45) is 0. The standard InChI is InChI=1S/C19H13BrClN5OS/c20-13-3-7-15(8-4-13)22-17(27)11-28-18-10-9-16-23-24-19(26(16)25-18)12-1-5-14(21)6-2-12/h1-10H,11H2,(H,22,27). The number of nitrogens with zero attached hydrogens (tertiary/aromatic N) is 4. The lowest BCUT2D eigenvalue weighted by molar-refractivity contribution is -0.113. The van der Waals surface area contributed by atoms with Gasteiger partial charge in [0.1, 0.15) is 5.03 Å². The molecule has 0 spiro atoms. The lowest BCUT2D eigenvalue weighted by Gasteiger charge is -2.06. The number of carbonyl (C=O) groups is 1. The summed E-state index contributed by atoms with van der Waals surface area (Å²) in [5, 5.41) is 17.1. The summed E-state index contributed by atoms with van der Waals surface area (Å²) in [5.74, 6) is 0.761. The van der Waals surface area contributed by atoms with Gasteiger partial charge in [0, 0.05) is 20.7 Å². The van der Waals surface area contributed by atoms with E-state index < -0.39 is 0 Å². The van der Waals surface area contributed by atoms with Crippen molar-refractivity contribution in [2.75, 3.05) is 11.1 Å². The van der Waals surface area contributed by atoms with Crippen molar-refractivity contribution >= 4 is 56.5 Å². The van der Waals surface area contributed by atoms with Crippen LogP contribution in [0.4, 0.5) is 5.69 Å². The van der Waals surface area contributed by atoms with E-state index in [4.69, 9.17) is 11.6 Å². The summed E-state index contributed by atoms with van der Waals surface area (Å²) < 4.78 is 2.63. The van der Waals surface area contributed by atoms with Gasteiger partial charge in [0.2, 0.25) is 5.91 Å². The highest BCUT2D eigenvalue weighted by Gasteiger charge is 2.11. The Bertz CT molecular complexity index is 1130. The molecule has 6 nitrogen and oxygen atoms in total. The zero-order valence-corrected chi connectivity index (χ0v) is 17.5. The van der Waals surface area contributed by atoms with E-state index in [1.54, 1.807) is 16.6 Å². The van der Waals surface area contributed by atoms with Gasteiger partial charge in [-0.3, -0.25) is 4.79 Å². The van der Waals surface area contributed by atoms with Gasteiger partial charge in [0.05, 0.1) is 5.75 Å². The van der Waals surface area contributed by atoms with Crippen LogP contribution in [0.5, 0.6) is 0 Å². The van der Waals surface area contributed by atoms with Gasteiger partial charge in [-0.1, -0.05) is 39.3 Å². The fourth-order valence-electron chi connectivity index (χ4n) is 2.50. The van der Waals surface area contributed by atoms with Crippen molar-refractivity contribution in [3.8, 4) is 11.4 Å². The van der Waals surface area contributed by atoms with Crippen molar-refractivity contribution in [1.29, 1.82) is 0 Å². The Morgan fingerprint density at radius 3 is 2.54 bits per heavy atom. The maximum absolute atomic E-state index is 12.2. The minimum absolute atomic E-state index is 0.101. The third-order valence-electron chi connectivity index (χ3n) is 3.82. The fraction of sp³-hybridized carbons (Fsp3) is 0.0526. The van der Waals surface area contributed by atoms with E-state index in [-0.39, 0.29) is 11.7 Å². The van der Waals surface area contributed by atoms with Crippen molar-refractivity contribution in [2.24, 2.45) is 0 Å². The summed E-state index contributed by atoms with van der Waals surface area (Å²) in [4.78, 5) is 12.2. The minimum atomic E-state index is -0.101. The quantitative estimate of drug-likeness (QED) is 0.415. The molecule has 0 saturated carbocycles. The lowest BCUT2D eigenvalue weighted by atomic mass is 10.2. The number of aromatic nitrogens is 4. The molecule has 0 aliphatic carbocycles. The third kappa shape index (κ3) is 4.35. The number of benzene rings is 2. The number of carbonyl (C=O) groups excluding carboxylic acids is 1. The number of hydrogen-bond acceptors (Lipinski definition) is 5. The average molecular weight is 475 g/mol. The first-order chi connectivity index (χ1) is 13.6. The highest BCUT2D eigenvalue weighted by Crippen LogP contribution is 2.22. The Hall–Kier alpha value is -2.42. The first-order valence-corrected chi connectivity index (χ1v) is 10.4. The number of fused-ring (bicyclic) bond motifs is 1. The molecule has 0 aliphatic rings. The molecule has 0 saturated heterocycles. The highest BCUT2D eigenvalue weighted by molar-refractivity contribution is 9.10. The van der Waals surface area contributed by atoms with Gasteiger partial charge in [0.25, 0.3) is 0 Å². The molecule has 4 aromatic rings. The summed E-state index contributed by atoms with van der Waals surface area (Å²) in [6, 6.07) is 18.4. The Balaban J connectivity index is 1.48. The van der Waals surface area contributed by atoms with E-state index in [1.165, 1.54) is 11.8 Å². The molecule has 0 bridgehead atoms. The molecule has 9 heteroatoms. The first kappa shape index (κ1) is 18.9. The van der Waals surface area contributed by atoms with Crippen molar-refractivity contribution in [2.45, 2.75) is 5.03 Å². The number of nitrogens with one attached hydrogen (secondary N) is 1. The second-order valence-corrected chi connectivity index (χ2v) is 8.16. The predicted octanol–water partition coefficient (Wildman–Crippen LogP) is 4.94.